The molecule has 43 heavy (non-hydrogen) atoms. The number of hydrogen-bond donors (Lipinski definition) is 3. The molecule has 1 heterocycles. The molecule has 0 aromatic heterocycles. The van der Waals surface area contributed by atoms with Crippen molar-refractivity contribution in [2.24, 2.45) is 5.92 Å². The van der Waals surface area contributed by atoms with Crippen LogP contribution in [0.5, 0.6) is 0 Å². The summed E-state index contributed by atoms with van der Waals surface area (Å²) in [5.74, 6) is -1.41. The smallest absolute Gasteiger partial charge is 0.407 e. The molecule has 1 saturated heterocycles. The van der Waals surface area contributed by atoms with Gasteiger partial charge in [-0.05, 0) is 63.4 Å². The average Bonchev–Trinajstić information content (AvgIpc) is 3.50. The molecule has 10 nitrogen and oxygen atoms in total. The Morgan fingerprint density at radius 3 is 2.56 bits per heavy atom. The number of nitrogens with zero attached hydrogens (tertiary/aromatic N) is 1. The summed E-state index contributed by atoms with van der Waals surface area (Å²) in [6, 6.07) is 8.75. The van der Waals surface area contributed by atoms with E-state index in [2.05, 4.69) is 23.8 Å². The molecule has 1 aromatic carbocycles. The number of aliphatic hydroxyl groups excluding tert-OH is 1. The molecule has 0 bridgehead atoms. The van der Waals surface area contributed by atoms with E-state index < -0.39 is 18.1 Å². The molecule has 3 unspecified atom stereocenters. The second kappa shape index (κ2) is 21.1. The van der Waals surface area contributed by atoms with Crippen molar-refractivity contribution < 1.29 is 33.8 Å². The van der Waals surface area contributed by atoms with Crippen LogP contribution in [0.3, 0.4) is 0 Å². The zero-order valence-corrected chi connectivity index (χ0v) is 25.3. The van der Waals surface area contributed by atoms with E-state index in [9.17, 15) is 24.3 Å². The second-order valence-electron chi connectivity index (χ2n) is 10.9. The van der Waals surface area contributed by atoms with Crippen molar-refractivity contribution >= 4 is 23.9 Å². The number of esters is 1. The van der Waals surface area contributed by atoms with Crippen molar-refractivity contribution in [3.05, 3.63) is 61.2 Å². The zero-order valence-electron chi connectivity index (χ0n) is 25.3. The monoisotopic (exact) mass is 599 g/mol. The maximum Gasteiger partial charge on any atom is 0.407 e. The maximum atomic E-state index is 13.3. The first-order chi connectivity index (χ1) is 20.9. The third kappa shape index (κ3) is 14.4. The quantitative estimate of drug-likeness (QED) is 0.108. The first kappa shape index (κ1) is 35.5. The first-order valence-corrected chi connectivity index (χ1v) is 15.4. The van der Waals surface area contributed by atoms with Gasteiger partial charge >= 0.3 is 12.1 Å². The lowest BCUT2D eigenvalue weighted by Gasteiger charge is -2.26. The summed E-state index contributed by atoms with van der Waals surface area (Å²) in [6.07, 6.45) is 9.31. The van der Waals surface area contributed by atoms with E-state index in [0.717, 1.165) is 31.2 Å². The fraction of sp³-hybridized carbons (Fsp3) is 0.576. The number of hydrogen-bond acceptors (Lipinski definition) is 7. The SMILES string of the molecule is C=CCCCCC(=O)OCC(CCCCNC(=O)OCc1ccccc1)NC(=O)C(CC=C)CC(=O)N1CCCC1CO. The van der Waals surface area contributed by atoms with Crippen LogP contribution in [-0.2, 0) is 30.5 Å². The molecule has 0 radical (unpaired) electrons. The highest BCUT2D eigenvalue weighted by Crippen LogP contribution is 2.21. The summed E-state index contributed by atoms with van der Waals surface area (Å²) in [7, 11) is 0. The molecule has 2 rings (SSSR count). The van der Waals surface area contributed by atoms with Crippen LogP contribution in [0.1, 0.15) is 76.2 Å². The van der Waals surface area contributed by atoms with Gasteiger partial charge in [-0.15, -0.1) is 13.2 Å². The number of unbranched alkanes of at least 4 members (excludes halogenated alkanes) is 3. The number of ether oxygens (including phenoxy) is 2. The van der Waals surface area contributed by atoms with Gasteiger partial charge in [-0.1, -0.05) is 42.5 Å². The Balaban J connectivity index is 1.87. The van der Waals surface area contributed by atoms with Gasteiger partial charge in [0, 0.05) is 25.9 Å². The number of alkyl carbamates (subject to hydrolysis) is 1. The molecule has 0 saturated carbocycles. The van der Waals surface area contributed by atoms with Gasteiger partial charge in [-0.2, -0.15) is 0 Å². The maximum absolute atomic E-state index is 13.3. The van der Waals surface area contributed by atoms with Crippen molar-refractivity contribution in [2.45, 2.75) is 89.3 Å². The minimum atomic E-state index is -0.622. The summed E-state index contributed by atoms with van der Waals surface area (Å²) < 4.78 is 10.7. The molecule has 1 aliphatic rings. The van der Waals surface area contributed by atoms with Gasteiger partial charge in [0.2, 0.25) is 11.8 Å². The number of allylic oxidation sites excluding steroid dienone is 2. The Kier molecular flexibility index (Phi) is 17.4. The Labute approximate surface area is 255 Å². The Morgan fingerprint density at radius 2 is 1.84 bits per heavy atom. The van der Waals surface area contributed by atoms with Gasteiger partial charge in [0.05, 0.1) is 24.6 Å². The van der Waals surface area contributed by atoms with Crippen molar-refractivity contribution in [3.63, 3.8) is 0 Å². The number of carbonyl (C=O) groups excluding carboxylic acids is 4. The summed E-state index contributed by atoms with van der Waals surface area (Å²) in [5, 5.41) is 15.3. The van der Waals surface area contributed by atoms with Crippen LogP contribution in [0.15, 0.2) is 55.6 Å². The van der Waals surface area contributed by atoms with Crippen LogP contribution in [0, 0.1) is 5.92 Å². The van der Waals surface area contributed by atoms with Crippen LogP contribution in [-0.4, -0.2) is 72.3 Å². The van der Waals surface area contributed by atoms with Crippen molar-refractivity contribution in [1.82, 2.24) is 15.5 Å². The molecule has 1 aliphatic heterocycles. The molecular weight excluding hydrogens is 550 g/mol. The van der Waals surface area contributed by atoms with Crippen molar-refractivity contribution in [2.75, 3.05) is 26.3 Å². The minimum Gasteiger partial charge on any atom is -0.463 e. The molecule has 3 atom stereocenters. The lowest BCUT2D eigenvalue weighted by Crippen LogP contribution is -2.44. The molecule has 1 fully saturated rings. The highest BCUT2D eigenvalue weighted by Gasteiger charge is 2.31. The van der Waals surface area contributed by atoms with Gasteiger partial charge in [0.15, 0.2) is 0 Å². The van der Waals surface area contributed by atoms with Gasteiger partial charge in [-0.25, -0.2) is 4.79 Å². The number of amides is 3. The Hall–Kier alpha value is -3.66. The molecular formula is C33H49N3O7. The summed E-state index contributed by atoms with van der Waals surface area (Å²) >= 11 is 0. The first-order valence-electron chi connectivity index (χ1n) is 15.4. The largest absolute Gasteiger partial charge is 0.463 e. The molecule has 3 N–H and O–H groups in total. The number of aliphatic hydroxyl groups is 1. The van der Waals surface area contributed by atoms with Crippen LogP contribution in [0.4, 0.5) is 4.79 Å². The van der Waals surface area contributed by atoms with E-state index >= 15 is 0 Å². The summed E-state index contributed by atoms with van der Waals surface area (Å²) in [5.41, 5.74) is 0.900. The van der Waals surface area contributed by atoms with Gasteiger partial charge < -0.3 is 30.1 Å². The van der Waals surface area contributed by atoms with E-state index in [0.29, 0.717) is 51.6 Å². The van der Waals surface area contributed by atoms with Crippen molar-refractivity contribution in [3.8, 4) is 0 Å². The molecule has 1 aromatic rings. The third-order valence-electron chi connectivity index (χ3n) is 7.44. The summed E-state index contributed by atoms with van der Waals surface area (Å²) in [6.45, 7) is 8.52. The molecule has 0 aliphatic carbocycles. The van der Waals surface area contributed by atoms with Crippen molar-refractivity contribution in [1.29, 1.82) is 0 Å². The molecule has 0 spiro atoms. The lowest BCUT2D eigenvalue weighted by molar-refractivity contribution is -0.145. The van der Waals surface area contributed by atoms with Gasteiger partial charge in [0.25, 0.3) is 0 Å². The van der Waals surface area contributed by atoms with Crippen LogP contribution in [0.2, 0.25) is 0 Å². The van der Waals surface area contributed by atoms with E-state index in [1.807, 2.05) is 36.4 Å². The molecule has 238 valence electrons. The van der Waals surface area contributed by atoms with Gasteiger partial charge in [0.1, 0.15) is 13.2 Å². The predicted molar refractivity (Wildman–Crippen MR) is 165 cm³/mol. The number of likely N-dealkylation sites (tertiary alicyclic amines) is 1. The number of rotatable bonds is 21. The van der Waals surface area contributed by atoms with Gasteiger partial charge in [-0.3, -0.25) is 14.4 Å². The highest BCUT2D eigenvalue weighted by molar-refractivity contribution is 5.86. The number of benzene rings is 1. The van der Waals surface area contributed by atoms with Crippen LogP contribution < -0.4 is 10.6 Å². The number of carbonyl (C=O) groups is 4. The highest BCUT2D eigenvalue weighted by atomic mass is 16.5. The van der Waals surface area contributed by atoms with E-state index in [1.54, 1.807) is 11.0 Å². The fourth-order valence-corrected chi connectivity index (χ4v) is 4.99. The standard InChI is InChI=1S/C33H49N3O7/c1-3-5-6-10-19-31(39)42-25-28(17-11-12-20-34-33(41)43-24-26-15-8-7-9-16-26)35-32(40)27(14-4-2)22-30(38)36-21-13-18-29(36)23-37/h3-4,7-9,15-16,27-29,37H,1-2,5-6,10-14,17-25H2,(H,34,41)(H,35,40). The Bertz CT molecular complexity index is 1020. The van der Waals surface area contributed by atoms with E-state index in [4.69, 9.17) is 9.47 Å². The van der Waals surface area contributed by atoms with E-state index in [-0.39, 0.29) is 50.1 Å². The van der Waals surface area contributed by atoms with Crippen LogP contribution in [0.25, 0.3) is 0 Å². The fourth-order valence-electron chi connectivity index (χ4n) is 4.99. The average molecular weight is 600 g/mol. The van der Waals surface area contributed by atoms with E-state index in [1.165, 1.54) is 0 Å². The Morgan fingerprint density at radius 1 is 1.05 bits per heavy atom. The lowest BCUT2D eigenvalue weighted by atomic mass is 9.98. The summed E-state index contributed by atoms with van der Waals surface area (Å²) in [4.78, 5) is 52.2. The number of nitrogens with one attached hydrogen (secondary N) is 2. The molecule has 3 amide bonds. The molecule has 10 heteroatoms. The third-order valence-corrected chi connectivity index (χ3v) is 7.44. The predicted octanol–water partition coefficient (Wildman–Crippen LogP) is 4.42. The second-order valence-corrected chi connectivity index (χ2v) is 10.9. The normalized spacial score (nSPS) is 15.7. The minimum absolute atomic E-state index is 0.0131. The zero-order chi connectivity index (χ0) is 31.3. The topological polar surface area (TPSA) is 134 Å². The van der Waals surface area contributed by atoms with Crippen LogP contribution >= 0.6 is 0 Å².